The monoisotopic (exact) mass is 486 g/mol. The van der Waals surface area contributed by atoms with Crippen molar-refractivity contribution in [3.8, 4) is 11.5 Å². The lowest BCUT2D eigenvalue weighted by molar-refractivity contribution is -0.137. The van der Waals surface area contributed by atoms with Crippen LogP contribution in [0, 0.1) is 19.8 Å². The standard InChI is InChI=1S/C26H34N2O5S/c1-18-7-9-22(16-19(18)2)34(30,31)27-14-11-20(12-15-27)26(29)28-13-5-6-24(28)23-10-8-21(32-3)17-25(23)33-4/h7-10,16-17,20,24H,5-6,11-15H2,1-4H3/t24-/m0/s1. The van der Waals surface area contributed by atoms with E-state index in [0.29, 0.717) is 43.1 Å². The number of ether oxygens (including phenoxy) is 2. The number of carbonyl (C=O) groups excluding carboxylic acids is 1. The molecule has 0 radical (unpaired) electrons. The first kappa shape index (κ1) is 24.5. The minimum atomic E-state index is -3.56. The van der Waals surface area contributed by atoms with Crippen molar-refractivity contribution in [1.29, 1.82) is 0 Å². The first-order valence-electron chi connectivity index (χ1n) is 11.9. The van der Waals surface area contributed by atoms with Crippen LogP contribution in [-0.2, 0) is 14.8 Å². The largest absolute Gasteiger partial charge is 0.497 e. The summed E-state index contributed by atoms with van der Waals surface area (Å²) in [5, 5.41) is 0. The smallest absolute Gasteiger partial charge is 0.243 e. The Bertz CT molecular complexity index is 1160. The predicted molar refractivity (Wildman–Crippen MR) is 131 cm³/mol. The van der Waals surface area contributed by atoms with E-state index in [1.54, 1.807) is 26.4 Å². The molecule has 0 aromatic heterocycles. The molecule has 0 bridgehead atoms. The molecule has 0 spiro atoms. The second-order valence-corrected chi connectivity index (χ2v) is 11.2. The fraction of sp³-hybridized carbons (Fsp3) is 0.500. The summed E-state index contributed by atoms with van der Waals surface area (Å²) in [4.78, 5) is 15.8. The third kappa shape index (κ3) is 4.66. The van der Waals surface area contributed by atoms with Crippen molar-refractivity contribution in [2.45, 2.75) is 50.5 Å². The van der Waals surface area contributed by atoms with Gasteiger partial charge in [0, 0.05) is 37.2 Å². The van der Waals surface area contributed by atoms with Crippen molar-refractivity contribution < 1.29 is 22.7 Å². The van der Waals surface area contributed by atoms with Gasteiger partial charge in [-0.15, -0.1) is 0 Å². The maximum absolute atomic E-state index is 13.5. The van der Waals surface area contributed by atoms with Crippen molar-refractivity contribution >= 4 is 15.9 Å². The minimum absolute atomic E-state index is 0.0364. The lowest BCUT2D eigenvalue weighted by atomic mass is 9.95. The molecule has 1 amide bonds. The highest BCUT2D eigenvalue weighted by Crippen LogP contribution is 2.40. The number of sulfonamides is 1. The average Bonchev–Trinajstić information content (AvgIpc) is 3.34. The summed E-state index contributed by atoms with van der Waals surface area (Å²) in [6.45, 7) is 5.31. The second kappa shape index (κ2) is 9.96. The normalized spacial score (nSPS) is 19.9. The second-order valence-electron chi connectivity index (χ2n) is 9.22. The molecule has 34 heavy (non-hydrogen) atoms. The Balaban J connectivity index is 1.45. The van der Waals surface area contributed by atoms with Gasteiger partial charge in [-0.25, -0.2) is 8.42 Å². The summed E-state index contributed by atoms with van der Waals surface area (Å²) in [7, 11) is -0.311. The van der Waals surface area contributed by atoms with E-state index < -0.39 is 10.0 Å². The van der Waals surface area contributed by atoms with Crippen LogP contribution < -0.4 is 9.47 Å². The molecule has 2 aromatic carbocycles. The van der Waals surface area contributed by atoms with E-state index in [1.807, 2.05) is 43.0 Å². The van der Waals surface area contributed by atoms with Crippen molar-refractivity contribution in [2.24, 2.45) is 5.92 Å². The predicted octanol–water partition coefficient (Wildman–Crippen LogP) is 4.09. The van der Waals surface area contributed by atoms with Crippen LogP contribution in [0.2, 0.25) is 0 Å². The molecule has 2 aliphatic heterocycles. The number of methoxy groups -OCH3 is 2. The number of carbonyl (C=O) groups is 1. The lowest BCUT2D eigenvalue weighted by Crippen LogP contribution is -2.44. The third-order valence-corrected chi connectivity index (χ3v) is 9.15. The SMILES string of the molecule is COc1ccc([C@@H]2CCCN2C(=O)C2CCN(S(=O)(=O)c3ccc(C)c(C)c3)CC2)c(OC)c1. The first-order valence-corrected chi connectivity index (χ1v) is 13.3. The summed E-state index contributed by atoms with van der Waals surface area (Å²) in [6.07, 6.45) is 2.89. The van der Waals surface area contributed by atoms with E-state index in [0.717, 1.165) is 35.3 Å². The molecule has 8 heteroatoms. The molecule has 4 rings (SSSR count). The zero-order valence-electron chi connectivity index (χ0n) is 20.4. The molecule has 2 aromatic rings. The zero-order valence-corrected chi connectivity index (χ0v) is 21.2. The fourth-order valence-corrected chi connectivity index (χ4v) is 6.60. The molecule has 2 saturated heterocycles. The van der Waals surface area contributed by atoms with Gasteiger partial charge < -0.3 is 14.4 Å². The van der Waals surface area contributed by atoms with Crippen molar-refractivity contribution in [3.63, 3.8) is 0 Å². The van der Waals surface area contributed by atoms with E-state index >= 15 is 0 Å². The topological polar surface area (TPSA) is 76.2 Å². The third-order valence-electron chi connectivity index (χ3n) is 7.25. The van der Waals surface area contributed by atoms with Crippen LogP contribution >= 0.6 is 0 Å². The molecule has 184 valence electrons. The van der Waals surface area contributed by atoms with Crippen molar-refractivity contribution in [2.75, 3.05) is 33.9 Å². The Kier molecular flexibility index (Phi) is 7.19. The van der Waals surface area contributed by atoms with Gasteiger partial charge >= 0.3 is 0 Å². The number of piperidine rings is 1. The van der Waals surface area contributed by atoms with Gasteiger partial charge in [0.15, 0.2) is 0 Å². The molecular weight excluding hydrogens is 452 g/mol. The van der Waals surface area contributed by atoms with E-state index in [1.165, 1.54) is 4.31 Å². The van der Waals surface area contributed by atoms with Gasteiger partial charge in [-0.1, -0.05) is 6.07 Å². The molecule has 0 N–H and O–H groups in total. The molecule has 2 aliphatic rings. The van der Waals surface area contributed by atoms with E-state index in [9.17, 15) is 13.2 Å². The van der Waals surface area contributed by atoms with E-state index in [4.69, 9.17) is 9.47 Å². The van der Waals surface area contributed by atoms with Crippen LogP contribution in [0.4, 0.5) is 0 Å². The number of hydrogen-bond donors (Lipinski definition) is 0. The summed E-state index contributed by atoms with van der Waals surface area (Å²) in [5.74, 6) is 1.38. The maximum Gasteiger partial charge on any atom is 0.243 e. The van der Waals surface area contributed by atoms with Crippen LogP contribution in [-0.4, -0.2) is 57.4 Å². The highest BCUT2D eigenvalue weighted by atomic mass is 32.2. The Morgan fingerprint density at radius 1 is 0.912 bits per heavy atom. The van der Waals surface area contributed by atoms with Crippen molar-refractivity contribution in [1.82, 2.24) is 9.21 Å². The van der Waals surface area contributed by atoms with Gasteiger partial charge in [0.2, 0.25) is 15.9 Å². The quantitative estimate of drug-likeness (QED) is 0.615. The first-order chi connectivity index (χ1) is 16.3. The fourth-order valence-electron chi connectivity index (χ4n) is 5.05. The Hall–Kier alpha value is -2.58. The highest BCUT2D eigenvalue weighted by molar-refractivity contribution is 7.89. The molecule has 0 saturated carbocycles. The molecule has 7 nitrogen and oxygen atoms in total. The number of likely N-dealkylation sites (tertiary alicyclic amines) is 1. The number of aryl methyl sites for hydroxylation is 2. The van der Waals surface area contributed by atoms with Gasteiger partial charge in [0.1, 0.15) is 11.5 Å². The van der Waals surface area contributed by atoms with Crippen LogP contribution in [0.5, 0.6) is 11.5 Å². The molecule has 0 aliphatic carbocycles. The van der Waals surface area contributed by atoms with Crippen LogP contribution in [0.15, 0.2) is 41.3 Å². The molecule has 2 fully saturated rings. The van der Waals surface area contributed by atoms with Crippen LogP contribution in [0.1, 0.15) is 48.4 Å². The van der Waals surface area contributed by atoms with Crippen molar-refractivity contribution in [3.05, 3.63) is 53.1 Å². The van der Waals surface area contributed by atoms with Gasteiger partial charge in [0.05, 0.1) is 25.2 Å². The Morgan fingerprint density at radius 2 is 1.65 bits per heavy atom. The van der Waals surface area contributed by atoms with Gasteiger partial charge in [-0.05, 0) is 74.9 Å². The molecular formula is C26H34N2O5S. The number of benzene rings is 2. The number of hydrogen-bond acceptors (Lipinski definition) is 5. The maximum atomic E-state index is 13.5. The summed E-state index contributed by atoms with van der Waals surface area (Å²) in [5.41, 5.74) is 3.01. The summed E-state index contributed by atoms with van der Waals surface area (Å²) in [6, 6.07) is 10.9. The molecule has 2 heterocycles. The summed E-state index contributed by atoms with van der Waals surface area (Å²) >= 11 is 0. The van der Waals surface area contributed by atoms with Gasteiger partial charge in [-0.3, -0.25) is 4.79 Å². The number of amides is 1. The lowest BCUT2D eigenvalue weighted by Gasteiger charge is -2.34. The highest BCUT2D eigenvalue weighted by Gasteiger charge is 2.38. The van der Waals surface area contributed by atoms with E-state index in [-0.39, 0.29) is 17.9 Å². The van der Waals surface area contributed by atoms with Gasteiger partial charge in [0.25, 0.3) is 0 Å². The van der Waals surface area contributed by atoms with Crippen LogP contribution in [0.3, 0.4) is 0 Å². The molecule has 0 unspecified atom stereocenters. The number of rotatable bonds is 6. The van der Waals surface area contributed by atoms with Gasteiger partial charge in [-0.2, -0.15) is 4.31 Å². The number of nitrogens with zero attached hydrogens (tertiary/aromatic N) is 2. The van der Waals surface area contributed by atoms with Crippen LogP contribution in [0.25, 0.3) is 0 Å². The van der Waals surface area contributed by atoms with E-state index in [2.05, 4.69) is 0 Å². The Morgan fingerprint density at radius 3 is 2.29 bits per heavy atom. The molecule has 1 atom stereocenters. The average molecular weight is 487 g/mol. The summed E-state index contributed by atoms with van der Waals surface area (Å²) < 4.78 is 38.7. The zero-order chi connectivity index (χ0) is 24.5. The minimum Gasteiger partial charge on any atom is -0.497 e. The Labute approximate surface area is 202 Å².